The number of fused-ring (bicyclic) bond motifs is 1. The van der Waals surface area contributed by atoms with Gasteiger partial charge in [0.25, 0.3) is 0 Å². The molecule has 0 aromatic heterocycles. The number of halogens is 1. The van der Waals surface area contributed by atoms with E-state index in [2.05, 4.69) is 37.9 Å². The first-order chi connectivity index (χ1) is 15.7. The summed E-state index contributed by atoms with van der Waals surface area (Å²) in [7, 11) is 0. The van der Waals surface area contributed by atoms with Crippen molar-refractivity contribution in [2.45, 2.75) is 51.5 Å². The Labute approximate surface area is 198 Å². The minimum Gasteiger partial charge on any atom is -0.460 e. The molecule has 1 unspecified atom stereocenters. The van der Waals surface area contributed by atoms with Crippen LogP contribution in [-0.4, -0.2) is 41.9 Å². The van der Waals surface area contributed by atoms with Crippen LogP contribution in [-0.2, 0) is 22.7 Å². The van der Waals surface area contributed by atoms with Crippen LogP contribution >= 0.6 is 15.9 Å². The van der Waals surface area contributed by atoms with E-state index in [9.17, 15) is 4.79 Å². The number of carbonyl (C=O) groups is 1. The average Bonchev–Trinajstić information content (AvgIpc) is 2.85. The molecule has 2 aromatic carbocycles. The summed E-state index contributed by atoms with van der Waals surface area (Å²) in [6, 6.07) is 14.4. The third-order valence-corrected chi connectivity index (χ3v) is 7.35. The topological polar surface area (TPSA) is 42.0 Å². The molecule has 3 aliphatic rings. The van der Waals surface area contributed by atoms with Crippen molar-refractivity contribution in [3.63, 3.8) is 0 Å². The number of hydrogen-bond donors (Lipinski definition) is 0. The van der Waals surface area contributed by atoms with Gasteiger partial charge in [-0.2, -0.15) is 0 Å². The molecule has 0 bridgehead atoms. The number of piperidine rings is 2. The number of nitrogens with zero attached hydrogens (tertiary/aromatic N) is 2. The predicted octanol–water partition coefficient (Wildman–Crippen LogP) is 5.28. The van der Waals surface area contributed by atoms with Gasteiger partial charge in [-0.15, -0.1) is 0 Å². The molecule has 3 aliphatic heterocycles. The fourth-order valence-electron chi connectivity index (χ4n) is 5.12. The van der Waals surface area contributed by atoms with Gasteiger partial charge >= 0.3 is 0 Å². The molecular formula is C26H31BrN2O3. The van der Waals surface area contributed by atoms with Gasteiger partial charge in [-0.1, -0.05) is 46.3 Å². The first-order valence-corrected chi connectivity index (χ1v) is 12.6. The summed E-state index contributed by atoms with van der Waals surface area (Å²) in [4.78, 5) is 17.5. The molecule has 170 valence electrons. The molecule has 0 aliphatic carbocycles. The number of benzene rings is 2. The Hall–Kier alpha value is -1.89. The van der Waals surface area contributed by atoms with E-state index in [0.717, 1.165) is 79.8 Å². The van der Waals surface area contributed by atoms with E-state index >= 15 is 0 Å². The van der Waals surface area contributed by atoms with Crippen molar-refractivity contribution in [3.8, 4) is 5.75 Å². The molecule has 6 heteroatoms. The summed E-state index contributed by atoms with van der Waals surface area (Å²) in [5.74, 6) is 1.52. The number of ether oxygens (including phenoxy) is 2. The Bertz CT molecular complexity index is 938. The monoisotopic (exact) mass is 498 g/mol. The molecule has 32 heavy (non-hydrogen) atoms. The highest BCUT2D eigenvalue weighted by Gasteiger charge is 2.30. The lowest BCUT2D eigenvalue weighted by atomic mass is 9.94. The van der Waals surface area contributed by atoms with Crippen LogP contribution in [0, 0.1) is 5.92 Å². The maximum absolute atomic E-state index is 12.9. The van der Waals surface area contributed by atoms with Gasteiger partial charge in [-0.05, 0) is 57.3 Å². The standard InChI is InChI=1S/C26H31BrN2O3/c27-23-15-21(24-22(16-23)18-31-26(32-24)20-7-3-1-4-8-20)17-28-13-9-19(10-14-28)25(30)29-11-5-2-6-12-29/h1,3-4,7-8,15-16,19,26H,2,5-6,9-14,17-18H2. The molecule has 0 N–H and O–H groups in total. The Morgan fingerprint density at radius 3 is 2.50 bits per heavy atom. The van der Waals surface area contributed by atoms with Crippen molar-refractivity contribution >= 4 is 21.8 Å². The van der Waals surface area contributed by atoms with E-state index in [1.165, 1.54) is 12.0 Å². The maximum atomic E-state index is 12.9. The molecule has 0 radical (unpaired) electrons. The minimum absolute atomic E-state index is 0.188. The van der Waals surface area contributed by atoms with Gasteiger partial charge in [-0.3, -0.25) is 9.69 Å². The normalized spacial score (nSPS) is 22.3. The van der Waals surface area contributed by atoms with Gasteiger partial charge in [0.2, 0.25) is 12.2 Å². The SMILES string of the molecule is O=C(C1CCN(Cc2cc(Br)cc3c2OC(c2ccccc2)OC3)CC1)N1CCCCC1. The van der Waals surface area contributed by atoms with Crippen LogP contribution in [0.3, 0.4) is 0 Å². The largest absolute Gasteiger partial charge is 0.460 e. The second-order valence-electron chi connectivity index (χ2n) is 9.16. The Balaban J connectivity index is 1.24. The molecule has 0 spiro atoms. The van der Waals surface area contributed by atoms with E-state index < -0.39 is 0 Å². The minimum atomic E-state index is -0.378. The lowest BCUT2D eigenvalue weighted by Crippen LogP contribution is -2.44. The molecule has 5 nitrogen and oxygen atoms in total. The third kappa shape index (κ3) is 4.87. The number of amides is 1. The zero-order valence-corrected chi connectivity index (χ0v) is 20.1. The maximum Gasteiger partial charge on any atom is 0.227 e. The van der Waals surface area contributed by atoms with E-state index in [-0.39, 0.29) is 12.2 Å². The van der Waals surface area contributed by atoms with E-state index in [0.29, 0.717) is 12.5 Å². The van der Waals surface area contributed by atoms with Gasteiger partial charge in [0.05, 0.1) is 6.61 Å². The van der Waals surface area contributed by atoms with Crippen molar-refractivity contribution in [2.75, 3.05) is 26.2 Å². The molecule has 2 saturated heterocycles. The second kappa shape index (κ2) is 9.94. The Morgan fingerprint density at radius 1 is 1.00 bits per heavy atom. The molecule has 5 rings (SSSR count). The highest BCUT2D eigenvalue weighted by Crippen LogP contribution is 2.38. The summed E-state index contributed by atoms with van der Waals surface area (Å²) < 4.78 is 13.4. The lowest BCUT2D eigenvalue weighted by molar-refractivity contribution is -0.138. The fourth-order valence-corrected chi connectivity index (χ4v) is 5.67. The molecule has 3 heterocycles. The number of likely N-dealkylation sites (tertiary alicyclic amines) is 2. The number of rotatable bonds is 4. The van der Waals surface area contributed by atoms with Gasteiger partial charge in [0, 0.05) is 46.7 Å². The van der Waals surface area contributed by atoms with Crippen LogP contribution in [0.15, 0.2) is 46.9 Å². The highest BCUT2D eigenvalue weighted by molar-refractivity contribution is 9.10. The van der Waals surface area contributed by atoms with Crippen LogP contribution in [0.5, 0.6) is 5.75 Å². The zero-order chi connectivity index (χ0) is 21.9. The van der Waals surface area contributed by atoms with Gasteiger partial charge in [0.15, 0.2) is 0 Å². The smallest absolute Gasteiger partial charge is 0.227 e. The predicted molar refractivity (Wildman–Crippen MR) is 127 cm³/mol. The van der Waals surface area contributed by atoms with Gasteiger partial charge in [0.1, 0.15) is 5.75 Å². The van der Waals surface area contributed by atoms with Crippen molar-refractivity contribution in [1.82, 2.24) is 9.80 Å². The first kappa shape index (κ1) is 21.9. The zero-order valence-electron chi connectivity index (χ0n) is 18.5. The quantitative estimate of drug-likeness (QED) is 0.574. The number of carbonyl (C=O) groups excluding carboxylic acids is 1. The van der Waals surface area contributed by atoms with Crippen LogP contribution in [0.25, 0.3) is 0 Å². The van der Waals surface area contributed by atoms with Crippen LogP contribution in [0.4, 0.5) is 0 Å². The fraction of sp³-hybridized carbons (Fsp3) is 0.500. The van der Waals surface area contributed by atoms with Gasteiger partial charge in [-0.25, -0.2) is 0 Å². The van der Waals surface area contributed by atoms with Crippen molar-refractivity contribution in [3.05, 3.63) is 63.6 Å². The number of hydrogen-bond acceptors (Lipinski definition) is 4. The summed E-state index contributed by atoms with van der Waals surface area (Å²) in [5, 5.41) is 0. The van der Waals surface area contributed by atoms with E-state index in [4.69, 9.17) is 9.47 Å². The summed E-state index contributed by atoms with van der Waals surface area (Å²) in [6.07, 6.45) is 5.09. The van der Waals surface area contributed by atoms with Crippen LogP contribution in [0.2, 0.25) is 0 Å². The molecule has 2 fully saturated rings. The molecule has 2 aromatic rings. The highest BCUT2D eigenvalue weighted by atomic mass is 79.9. The summed E-state index contributed by atoms with van der Waals surface area (Å²) >= 11 is 3.66. The van der Waals surface area contributed by atoms with E-state index in [1.54, 1.807) is 0 Å². The Morgan fingerprint density at radius 2 is 1.75 bits per heavy atom. The van der Waals surface area contributed by atoms with Crippen molar-refractivity contribution < 1.29 is 14.3 Å². The Kier molecular flexibility index (Phi) is 6.81. The average molecular weight is 499 g/mol. The van der Waals surface area contributed by atoms with Crippen molar-refractivity contribution in [2.24, 2.45) is 5.92 Å². The molecular weight excluding hydrogens is 468 g/mol. The summed E-state index contributed by atoms with van der Waals surface area (Å²) in [5.41, 5.74) is 3.29. The summed E-state index contributed by atoms with van der Waals surface area (Å²) in [6.45, 7) is 5.16. The van der Waals surface area contributed by atoms with Crippen molar-refractivity contribution in [1.29, 1.82) is 0 Å². The second-order valence-corrected chi connectivity index (χ2v) is 10.1. The molecule has 1 amide bonds. The molecule has 0 saturated carbocycles. The van der Waals surface area contributed by atoms with Gasteiger partial charge < -0.3 is 14.4 Å². The van der Waals surface area contributed by atoms with Crippen LogP contribution in [0.1, 0.15) is 55.1 Å². The first-order valence-electron chi connectivity index (χ1n) is 11.8. The van der Waals surface area contributed by atoms with E-state index in [1.807, 2.05) is 30.3 Å². The van der Waals surface area contributed by atoms with Crippen LogP contribution < -0.4 is 4.74 Å². The lowest BCUT2D eigenvalue weighted by Gasteiger charge is -2.36. The molecule has 1 atom stereocenters. The third-order valence-electron chi connectivity index (χ3n) is 6.89.